The number of hydrogen-bond donors (Lipinski definition) is 1. The molecule has 112 valence electrons. The molecule has 0 aliphatic carbocycles. The number of halogens is 1. The van der Waals surface area contributed by atoms with Gasteiger partial charge in [-0.3, -0.25) is 9.67 Å². The summed E-state index contributed by atoms with van der Waals surface area (Å²) in [6.07, 6.45) is 4.82. The largest absolute Gasteiger partial charge is 0.490 e. The molecule has 4 rings (SSSR count). The SMILES string of the molecule is Cc1[nH]nc(-c2nccn2-c2ccc3c(c2)CC(C)O3)c1Cl. The average Bonchev–Trinajstić information content (AvgIpc) is 3.17. The van der Waals surface area contributed by atoms with E-state index in [1.165, 1.54) is 5.56 Å². The van der Waals surface area contributed by atoms with Crippen molar-refractivity contribution in [3.63, 3.8) is 0 Å². The van der Waals surface area contributed by atoms with Gasteiger partial charge < -0.3 is 4.74 Å². The lowest BCUT2D eigenvalue weighted by Gasteiger charge is -2.08. The van der Waals surface area contributed by atoms with Gasteiger partial charge in [-0.05, 0) is 37.6 Å². The second-order valence-electron chi connectivity index (χ2n) is 5.56. The minimum Gasteiger partial charge on any atom is -0.490 e. The molecule has 0 saturated carbocycles. The van der Waals surface area contributed by atoms with E-state index in [2.05, 4.69) is 28.2 Å². The van der Waals surface area contributed by atoms with E-state index in [4.69, 9.17) is 16.3 Å². The van der Waals surface area contributed by atoms with E-state index in [-0.39, 0.29) is 6.10 Å². The van der Waals surface area contributed by atoms with Gasteiger partial charge in [0.15, 0.2) is 5.82 Å². The zero-order chi connectivity index (χ0) is 15.3. The molecule has 1 aromatic carbocycles. The van der Waals surface area contributed by atoms with Crippen LogP contribution in [-0.2, 0) is 6.42 Å². The summed E-state index contributed by atoms with van der Waals surface area (Å²) < 4.78 is 7.74. The first kappa shape index (κ1) is 13.4. The van der Waals surface area contributed by atoms with Crippen molar-refractivity contribution < 1.29 is 4.74 Å². The fraction of sp³-hybridized carbons (Fsp3) is 0.250. The van der Waals surface area contributed by atoms with E-state index in [0.717, 1.165) is 29.4 Å². The number of fused-ring (bicyclic) bond motifs is 1. The number of aromatic amines is 1. The van der Waals surface area contributed by atoms with Crippen molar-refractivity contribution in [3.05, 3.63) is 46.9 Å². The van der Waals surface area contributed by atoms with Crippen molar-refractivity contribution in [1.29, 1.82) is 0 Å². The van der Waals surface area contributed by atoms with Gasteiger partial charge >= 0.3 is 0 Å². The van der Waals surface area contributed by atoms with Gasteiger partial charge in [0.1, 0.15) is 17.5 Å². The Kier molecular flexibility index (Phi) is 2.97. The molecule has 2 aromatic heterocycles. The van der Waals surface area contributed by atoms with Crippen LogP contribution in [0.15, 0.2) is 30.6 Å². The van der Waals surface area contributed by atoms with Crippen LogP contribution in [-0.4, -0.2) is 25.9 Å². The van der Waals surface area contributed by atoms with Gasteiger partial charge in [-0.15, -0.1) is 0 Å². The molecule has 0 amide bonds. The van der Waals surface area contributed by atoms with Gasteiger partial charge in [-0.2, -0.15) is 5.10 Å². The molecule has 0 saturated heterocycles. The van der Waals surface area contributed by atoms with Gasteiger partial charge in [0.05, 0.1) is 10.7 Å². The molecule has 0 bridgehead atoms. The molecular formula is C16H15ClN4O. The minimum atomic E-state index is 0.232. The topological polar surface area (TPSA) is 55.7 Å². The van der Waals surface area contributed by atoms with E-state index in [1.54, 1.807) is 6.20 Å². The summed E-state index contributed by atoms with van der Waals surface area (Å²) in [4.78, 5) is 4.41. The second-order valence-corrected chi connectivity index (χ2v) is 5.93. The van der Waals surface area contributed by atoms with Gasteiger partial charge in [0, 0.05) is 24.5 Å². The zero-order valence-electron chi connectivity index (χ0n) is 12.3. The molecule has 1 aliphatic heterocycles. The molecule has 0 spiro atoms. The number of rotatable bonds is 2. The van der Waals surface area contributed by atoms with Crippen LogP contribution < -0.4 is 4.74 Å². The standard InChI is InChI=1S/C16H15ClN4O/c1-9-7-11-8-12(3-4-13(11)22-9)21-6-5-18-16(21)15-14(17)10(2)19-20-15/h3-6,8-9H,7H2,1-2H3,(H,19,20). The Labute approximate surface area is 132 Å². The highest BCUT2D eigenvalue weighted by Gasteiger charge is 2.21. The Morgan fingerprint density at radius 3 is 3.05 bits per heavy atom. The first-order valence-electron chi connectivity index (χ1n) is 7.17. The van der Waals surface area contributed by atoms with Crippen LogP contribution in [0.4, 0.5) is 0 Å². The third kappa shape index (κ3) is 2.01. The average molecular weight is 315 g/mol. The Bertz CT molecular complexity index is 852. The summed E-state index contributed by atoms with van der Waals surface area (Å²) in [5.41, 5.74) is 3.74. The minimum absolute atomic E-state index is 0.232. The van der Waals surface area contributed by atoms with Gasteiger partial charge in [0.25, 0.3) is 0 Å². The lowest BCUT2D eigenvalue weighted by atomic mass is 10.1. The highest BCUT2D eigenvalue weighted by atomic mass is 35.5. The number of benzene rings is 1. The van der Waals surface area contributed by atoms with Crippen LogP contribution in [0.3, 0.4) is 0 Å². The van der Waals surface area contributed by atoms with Crippen molar-refractivity contribution in [2.24, 2.45) is 0 Å². The molecule has 1 N–H and O–H groups in total. The first-order chi connectivity index (χ1) is 10.6. The normalized spacial score (nSPS) is 16.6. The number of hydrogen-bond acceptors (Lipinski definition) is 3. The van der Waals surface area contributed by atoms with E-state index in [9.17, 15) is 0 Å². The van der Waals surface area contributed by atoms with Crippen LogP contribution in [0, 0.1) is 6.92 Å². The van der Waals surface area contributed by atoms with E-state index in [1.807, 2.05) is 29.8 Å². The fourth-order valence-electron chi connectivity index (χ4n) is 2.81. The molecule has 0 fully saturated rings. The van der Waals surface area contributed by atoms with Crippen molar-refractivity contribution in [2.45, 2.75) is 26.4 Å². The lowest BCUT2D eigenvalue weighted by Crippen LogP contribution is -2.05. The Balaban J connectivity index is 1.81. The predicted molar refractivity (Wildman–Crippen MR) is 84.7 cm³/mol. The zero-order valence-corrected chi connectivity index (χ0v) is 13.1. The molecule has 3 aromatic rings. The maximum atomic E-state index is 6.31. The molecule has 0 radical (unpaired) electrons. The van der Waals surface area contributed by atoms with Crippen LogP contribution in [0.2, 0.25) is 5.02 Å². The Morgan fingerprint density at radius 1 is 1.41 bits per heavy atom. The highest BCUT2D eigenvalue weighted by molar-refractivity contribution is 6.33. The van der Waals surface area contributed by atoms with Gasteiger partial charge in [-0.25, -0.2) is 4.98 Å². The fourth-order valence-corrected chi connectivity index (χ4v) is 2.98. The molecule has 1 atom stereocenters. The number of nitrogens with one attached hydrogen (secondary N) is 1. The molecule has 6 heteroatoms. The van der Waals surface area contributed by atoms with Crippen LogP contribution in [0.25, 0.3) is 17.2 Å². The Morgan fingerprint density at radius 2 is 2.27 bits per heavy atom. The monoisotopic (exact) mass is 314 g/mol. The summed E-state index contributed by atoms with van der Waals surface area (Å²) in [6, 6.07) is 6.17. The van der Waals surface area contributed by atoms with Crippen LogP contribution in [0.1, 0.15) is 18.2 Å². The molecular weight excluding hydrogens is 300 g/mol. The van der Waals surface area contributed by atoms with Crippen molar-refractivity contribution in [1.82, 2.24) is 19.7 Å². The quantitative estimate of drug-likeness (QED) is 0.787. The van der Waals surface area contributed by atoms with Gasteiger partial charge in [-0.1, -0.05) is 11.6 Å². The summed E-state index contributed by atoms with van der Waals surface area (Å²) in [5.74, 6) is 1.69. The molecule has 1 unspecified atom stereocenters. The van der Waals surface area contributed by atoms with Crippen molar-refractivity contribution in [2.75, 3.05) is 0 Å². The first-order valence-corrected chi connectivity index (χ1v) is 7.55. The third-order valence-corrected chi connectivity index (χ3v) is 4.35. The van der Waals surface area contributed by atoms with Gasteiger partial charge in [0.2, 0.25) is 0 Å². The van der Waals surface area contributed by atoms with E-state index in [0.29, 0.717) is 10.7 Å². The maximum absolute atomic E-state index is 6.31. The smallest absolute Gasteiger partial charge is 0.166 e. The predicted octanol–water partition coefficient (Wildman–Crippen LogP) is 3.55. The van der Waals surface area contributed by atoms with Crippen LogP contribution in [0.5, 0.6) is 5.75 Å². The molecule has 1 aliphatic rings. The van der Waals surface area contributed by atoms with E-state index >= 15 is 0 Å². The maximum Gasteiger partial charge on any atom is 0.166 e. The third-order valence-electron chi connectivity index (χ3n) is 3.88. The van der Waals surface area contributed by atoms with Crippen molar-refractivity contribution in [3.8, 4) is 23.0 Å². The van der Waals surface area contributed by atoms with Crippen LogP contribution >= 0.6 is 11.6 Å². The number of H-pyrrole nitrogens is 1. The van der Waals surface area contributed by atoms with E-state index < -0.39 is 0 Å². The lowest BCUT2D eigenvalue weighted by molar-refractivity contribution is 0.254. The molecule has 22 heavy (non-hydrogen) atoms. The number of nitrogens with zero attached hydrogens (tertiary/aromatic N) is 3. The summed E-state index contributed by atoms with van der Waals surface area (Å²) in [7, 11) is 0. The number of imidazole rings is 1. The Hall–Kier alpha value is -2.27. The summed E-state index contributed by atoms with van der Waals surface area (Å²) >= 11 is 6.31. The summed E-state index contributed by atoms with van der Waals surface area (Å²) in [6.45, 7) is 3.97. The number of ether oxygens (including phenoxy) is 1. The van der Waals surface area contributed by atoms with Crippen molar-refractivity contribution >= 4 is 11.6 Å². The number of aromatic nitrogens is 4. The summed E-state index contributed by atoms with van der Waals surface area (Å²) in [5, 5.41) is 7.76. The number of aryl methyl sites for hydroxylation is 1. The second kappa shape index (κ2) is 4.88. The highest BCUT2D eigenvalue weighted by Crippen LogP contribution is 2.33. The molecule has 5 nitrogen and oxygen atoms in total. The molecule has 3 heterocycles.